The van der Waals surface area contributed by atoms with E-state index in [4.69, 9.17) is 11.6 Å². The van der Waals surface area contributed by atoms with Gasteiger partial charge in [-0.25, -0.2) is 9.97 Å². The van der Waals surface area contributed by atoms with Gasteiger partial charge in [0.1, 0.15) is 0 Å². The molecule has 136 valence electrons. The highest BCUT2D eigenvalue weighted by atomic mass is 35.5. The van der Waals surface area contributed by atoms with Crippen molar-refractivity contribution in [3.05, 3.63) is 71.8 Å². The van der Waals surface area contributed by atoms with Crippen molar-refractivity contribution in [1.29, 1.82) is 0 Å². The summed E-state index contributed by atoms with van der Waals surface area (Å²) in [5.74, 6) is 1.43. The van der Waals surface area contributed by atoms with Crippen LogP contribution in [0.25, 0.3) is 44.3 Å². The second-order valence-corrected chi connectivity index (χ2v) is 7.91. The van der Waals surface area contributed by atoms with Gasteiger partial charge in [-0.1, -0.05) is 17.7 Å². The lowest BCUT2D eigenvalue weighted by molar-refractivity contribution is 1.14. The van der Waals surface area contributed by atoms with Crippen LogP contribution >= 0.6 is 11.6 Å². The molecule has 3 aromatic heterocycles. The Kier molecular flexibility index (Phi) is 3.38. The maximum absolute atomic E-state index is 6.16. The van der Waals surface area contributed by atoms with Crippen LogP contribution in [0.15, 0.2) is 61.2 Å². The Morgan fingerprint density at radius 1 is 0.821 bits per heavy atom. The van der Waals surface area contributed by atoms with Gasteiger partial charge < -0.3 is 9.97 Å². The number of aromatic nitrogens is 4. The molecule has 0 unspecified atom stereocenters. The molecule has 3 heterocycles. The second kappa shape index (κ2) is 5.94. The molecule has 6 rings (SSSR count). The number of nitrogens with zero attached hydrogens (tertiary/aromatic N) is 2. The summed E-state index contributed by atoms with van der Waals surface area (Å²) in [5.41, 5.74) is 6.72. The molecule has 0 saturated heterocycles. The van der Waals surface area contributed by atoms with Gasteiger partial charge in [-0.2, -0.15) is 0 Å². The fourth-order valence-electron chi connectivity index (χ4n) is 3.93. The van der Waals surface area contributed by atoms with E-state index in [2.05, 4.69) is 38.1 Å². The van der Waals surface area contributed by atoms with Crippen LogP contribution in [0, 0.1) is 0 Å². The van der Waals surface area contributed by atoms with Crippen LogP contribution in [0.2, 0.25) is 5.02 Å². The fraction of sp³-hybridized carbons (Fsp3) is 0.130. The van der Waals surface area contributed by atoms with Crippen molar-refractivity contribution in [2.45, 2.75) is 18.8 Å². The Labute approximate surface area is 166 Å². The molecule has 0 aliphatic heterocycles. The van der Waals surface area contributed by atoms with Gasteiger partial charge in [0, 0.05) is 68.3 Å². The standard InChI is InChI=1S/C23H17ClN4/c24-16-4-6-22-18(8-16)20(12-26-22)23-27-9-15(10-28-23)19-11-25-21-5-3-14(7-17(19)21)13-1-2-13/h3-13,25-26H,1-2H2. The number of nitrogens with one attached hydrogen (secondary N) is 2. The first kappa shape index (κ1) is 15.9. The molecule has 0 spiro atoms. The van der Waals surface area contributed by atoms with Gasteiger partial charge in [0.05, 0.1) is 0 Å². The first-order chi connectivity index (χ1) is 13.8. The predicted octanol–water partition coefficient (Wildman–Crippen LogP) is 6.30. The van der Waals surface area contributed by atoms with Gasteiger partial charge in [0.2, 0.25) is 0 Å². The largest absolute Gasteiger partial charge is 0.361 e. The number of halogens is 1. The molecule has 1 fully saturated rings. The van der Waals surface area contributed by atoms with Gasteiger partial charge in [-0.05, 0) is 54.7 Å². The highest BCUT2D eigenvalue weighted by Crippen LogP contribution is 2.42. The molecule has 2 aromatic carbocycles. The molecular formula is C23H17ClN4. The van der Waals surface area contributed by atoms with E-state index in [9.17, 15) is 0 Å². The molecule has 0 atom stereocenters. The summed E-state index contributed by atoms with van der Waals surface area (Å²) >= 11 is 6.16. The zero-order chi connectivity index (χ0) is 18.7. The van der Waals surface area contributed by atoms with Gasteiger partial charge in [0.25, 0.3) is 0 Å². The summed E-state index contributed by atoms with van der Waals surface area (Å²) in [7, 11) is 0. The Bertz CT molecular complexity index is 1330. The molecule has 0 bridgehead atoms. The summed E-state index contributed by atoms with van der Waals surface area (Å²) in [6, 6.07) is 12.5. The molecule has 0 amide bonds. The number of fused-ring (bicyclic) bond motifs is 2. The van der Waals surface area contributed by atoms with E-state index in [-0.39, 0.29) is 0 Å². The summed E-state index contributed by atoms with van der Waals surface area (Å²) in [6.45, 7) is 0. The Hall–Kier alpha value is -3.11. The molecule has 1 saturated carbocycles. The minimum Gasteiger partial charge on any atom is -0.361 e. The Morgan fingerprint density at radius 2 is 1.50 bits per heavy atom. The number of benzene rings is 2. The van der Waals surface area contributed by atoms with Gasteiger partial charge in [-0.3, -0.25) is 0 Å². The lowest BCUT2D eigenvalue weighted by Crippen LogP contribution is -1.89. The summed E-state index contributed by atoms with van der Waals surface area (Å²) in [5, 5.41) is 2.97. The van der Waals surface area contributed by atoms with Crippen molar-refractivity contribution in [3.63, 3.8) is 0 Å². The lowest BCUT2D eigenvalue weighted by atomic mass is 10.0. The molecular weight excluding hydrogens is 368 g/mol. The quantitative estimate of drug-likeness (QED) is 0.383. The highest BCUT2D eigenvalue weighted by Gasteiger charge is 2.24. The van der Waals surface area contributed by atoms with Crippen molar-refractivity contribution in [2.75, 3.05) is 0 Å². The van der Waals surface area contributed by atoms with E-state index in [1.54, 1.807) is 0 Å². The van der Waals surface area contributed by atoms with E-state index >= 15 is 0 Å². The minimum atomic E-state index is 0.691. The summed E-state index contributed by atoms with van der Waals surface area (Å²) in [4.78, 5) is 15.9. The monoisotopic (exact) mass is 384 g/mol. The minimum absolute atomic E-state index is 0.691. The van der Waals surface area contributed by atoms with E-state index in [1.807, 2.05) is 43.0 Å². The average molecular weight is 385 g/mol. The van der Waals surface area contributed by atoms with Crippen molar-refractivity contribution in [2.24, 2.45) is 0 Å². The van der Waals surface area contributed by atoms with Crippen LogP contribution in [0.4, 0.5) is 0 Å². The van der Waals surface area contributed by atoms with Crippen LogP contribution in [-0.2, 0) is 0 Å². The molecule has 1 aliphatic rings. The van der Waals surface area contributed by atoms with Crippen molar-refractivity contribution < 1.29 is 0 Å². The zero-order valence-corrected chi connectivity index (χ0v) is 15.8. The second-order valence-electron chi connectivity index (χ2n) is 7.47. The number of hydrogen-bond donors (Lipinski definition) is 2. The van der Waals surface area contributed by atoms with Crippen LogP contribution in [-0.4, -0.2) is 19.9 Å². The van der Waals surface area contributed by atoms with E-state index in [0.717, 1.165) is 39.0 Å². The third-order valence-electron chi connectivity index (χ3n) is 5.60. The lowest BCUT2D eigenvalue weighted by Gasteiger charge is -2.03. The first-order valence-electron chi connectivity index (χ1n) is 9.47. The van der Waals surface area contributed by atoms with Crippen LogP contribution in [0.5, 0.6) is 0 Å². The number of aromatic amines is 2. The first-order valence-corrected chi connectivity index (χ1v) is 9.84. The molecule has 2 N–H and O–H groups in total. The van der Waals surface area contributed by atoms with E-state index < -0.39 is 0 Å². The Balaban J connectivity index is 1.42. The highest BCUT2D eigenvalue weighted by molar-refractivity contribution is 6.31. The molecule has 28 heavy (non-hydrogen) atoms. The molecule has 5 heteroatoms. The van der Waals surface area contributed by atoms with Crippen LogP contribution in [0.1, 0.15) is 24.3 Å². The topological polar surface area (TPSA) is 57.4 Å². The molecule has 1 aliphatic carbocycles. The zero-order valence-electron chi connectivity index (χ0n) is 15.0. The Morgan fingerprint density at radius 3 is 2.25 bits per heavy atom. The van der Waals surface area contributed by atoms with Crippen molar-refractivity contribution in [3.8, 4) is 22.5 Å². The number of rotatable bonds is 3. The molecule has 5 aromatic rings. The molecule has 4 nitrogen and oxygen atoms in total. The maximum atomic E-state index is 6.16. The fourth-order valence-corrected chi connectivity index (χ4v) is 4.10. The van der Waals surface area contributed by atoms with Gasteiger partial charge in [-0.15, -0.1) is 0 Å². The third-order valence-corrected chi connectivity index (χ3v) is 5.84. The summed E-state index contributed by atoms with van der Waals surface area (Å²) in [6.07, 6.45) is 10.4. The average Bonchev–Trinajstić information content (AvgIpc) is 3.36. The van der Waals surface area contributed by atoms with Crippen LogP contribution in [0.3, 0.4) is 0 Å². The third kappa shape index (κ3) is 2.53. The van der Waals surface area contributed by atoms with Crippen LogP contribution < -0.4 is 0 Å². The number of hydrogen-bond acceptors (Lipinski definition) is 2. The smallest absolute Gasteiger partial charge is 0.161 e. The van der Waals surface area contributed by atoms with Gasteiger partial charge in [0.15, 0.2) is 5.82 Å². The van der Waals surface area contributed by atoms with Gasteiger partial charge >= 0.3 is 0 Å². The molecule has 0 radical (unpaired) electrons. The predicted molar refractivity (Wildman–Crippen MR) is 114 cm³/mol. The maximum Gasteiger partial charge on any atom is 0.161 e. The normalized spacial score (nSPS) is 14.2. The van der Waals surface area contributed by atoms with E-state index in [0.29, 0.717) is 10.8 Å². The van der Waals surface area contributed by atoms with Crippen molar-refractivity contribution >= 4 is 33.4 Å². The SMILES string of the molecule is Clc1ccc2[nH]cc(-c3ncc(-c4c[nH]c5ccc(C6CC6)cc45)cn3)c2c1. The number of H-pyrrole nitrogens is 2. The van der Waals surface area contributed by atoms with Crippen molar-refractivity contribution in [1.82, 2.24) is 19.9 Å². The van der Waals surface area contributed by atoms with E-state index in [1.165, 1.54) is 23.8 Å². The summed E-state index contributed by atoms with van der Waals surface area (Å²) < 4.78 is 0.